The van der Waals surface area contributed by atoms with E-state index in [0.717, 1.165) is 74.9 Å². The van der Waals surface area contributed by atoms with Gasteiger partial charge >= 0.3 is 11.9 Å². The largest absolute Gasteiger partial charge is 0.509 e. The van der Waals surface area contributed by atoms with Crippen LogP contribution in [-0.4, -0.2) is 65.1 Å². The zero-order chi connectivity index (χ0) is 42.3. The average molecular weight is 842 g/mol. The van der Waals surface area contributed by atoms with Crippen molar-refractivity contribution >= 4 is 18.0 Å². The van der Waals surface area contributed by atoms with Gasteiger partial charge in [-0.25, -0.2) is 4.79 Å². The van der Waals surface area contributed by atoms with Gasteiger partial charge in [0.05, 0.1) is 17.0 Å². The zero-order valence-corrected chi connectivity index (χ0v) is 36.7. The Morgan fingerprint density at radius 3 is 2.73 bits per heavy atom. The van der Waals surface area contributed by atoms with Crippen molar-refractivity contribution in [2.24, 2.45) is 58.0 Å². The van der Waals surface area contributed by atoms with Crippen LogP contribution in [0.2, 0.25) is 0 Å². The number of aliphatic hydroxyl groups excluding tert-OH is 1. The fourth-order valence-corrected chi connectivity index (χ4v) is 17.2. The van der Waals surface area contributed by atoms with Gasteiger partial charge in [0.25, 0.3) is 0 Å². The molecule has 1 saturated carbocycles. The van der Waals surface area contributed by atoms with E-state index in [2.05, 4.69) is 90.4 Å². The highest BCUT2D eigenvalue weighted by Crippen LogP contribution is 2.87. The molecular formula is C55H59N3O5. The monoisotopic (exact) mass is 841 g/mol. The van der Waals surface area contributed by atoms with Crippen LogP contribution >= 0.6 is 0 Å². The summed E-state index contributed by atoms with van der Waals surface area (Å²) in [5, 5.41) is 13.0. The molecule has 3 spiro atoms. The number of aryl methyl sites for hydroxylation is 2. The van der Waals surface area contributed by atoms with Gasteiger partial charge in [-0.3, -0.25) is 9.69 Å². The molecule has 6 aliphatic carbocycles. The van der Waals surface area contributed by atoms with E-state index in [9.17, 15) is 9.90 Å². The lowest BCUT2D eigenvalue weighted by Crippen LogP contribution is -2.77. The molecule has 0 aromatic heterocycles. The van der Waals surface area contributed by atoms with Crippen LogP contribution in [0.25, 0.3) is 6.08 Å². The molecule has 0 radical (unpaired) electrons. The van der Waals surface area contributed by atoms with Crippen LogP contribution in [0.1, 0.15) is 103 Å². The van der Waals surface area contributed by atoms with E-state index < -0.39 is 22.3 Å². The van der Waals surface area contributed by atoms with E-state index in [1.807, 2.05) is 0 Å². The van der Waals surface area contributed by atoms with Crippen LogP contribution in [0.5, 0.6) is 0 Å². The number of allylic oxidation sites excluding steroid dienone is 6. The van der Waals surface area contributed by atoms with Crippen molar-refractivity contribution in [2.45, 2.75) is 102 Å². The molecule has 2 aromatic rings. The second-order valence-corrected chi connectivity index (χ2v) is 22.0. The van der Waals surface area contributed by atoms with E-state index >= 15 is 4.79 Å². The molecular weight excluding hydrogens is 783 g/mol. The molecule has 3 saturated heterocycles. The molecule has 8 heteroatoms. The SMILES string of the molecule is C[C@@H]1CC2=C3[C@@H]4C5=C6C=C(Cc7cccc8c7C=C[C@H](CC8)C[C@H]7[C@]68C(=O)O/C(=C(\O)C[C@@H](C)N6C[C@H]9C[C@@H](C6)[C@H](C=C2)N3C9)[C@@]8(CC5)[C@]72OC(=O)c3c(CCCN)cccc32)[C@@H]41. The first-order chi connectivity index (χ1) is 30.7. The van der Waals surface area contributed by atoms with Crippen molar-refractivity contribution in [2.75, 3.05) is 26.2 Å². The summed E-state index contributed by atoms with van der Waals surface area (Å²) >= 11 is 0. The van der Waals surface area contributed by atoms with E-state index in [-0.39, 0.29) is 41.5 Å². The molecule has 9 heterocycles. The van der Waals surface area contributed by atoms with Crippen molar-refractivity contribution in [1.82, 2.24) is 9.80 Å². The molecule has 9 aliphatic heterocycles. The Labute approximate surface area is 370 Å². The topological polar surface area (TPSA) is 105 Å². The molecule has 63 heavy (non-hydrogen) atoms. The number of rotatable bonds is 3. The van der Waals surface area contributed by atoms with Crippen molar-refractivity contribution < 1.29 is 24.2 Å². The normalized spacial score (nSPS) is 42.8. The summed E-state index contributed by atoms with van der Waals surface area (Å²) < 4.78 is 14.2. The maximum absolute atomic E-state index is 16.1. The lowest BCUT2D eigenvalue weighted by molar-refractivity contribution is -0.277. The van der Waals surface area contributed by atoms with Gasteiger partial charge in [-0.05, 0) is 141 Å². The predicted molar refractivity (Wildman–Crippen MR) is 240 cm³/mol. The summed E-state index contributed by atoms with van der Waals surface area (Å²) in [4.78, 5) is 36.5. The Kier molecular flexibility index (Phi) is 7.65. The molecule has 13 atom stereocenters. The van der Waals surface area contributed by atoms with Crippen molar-refractivity contribution in [1.29, 1.82) is 0 Å². The maximum atomic E-state index is 16.1. The van der Waals surface area contributed by atoms with Gasteiger partial charge in [0.15, 0.2) is 11.4 Å². The van der Waals surface area contributed by atoms with Crippen molar-refractivity contribution in [3.05, 3.63) is 134 Å². The standard InChI is InChI=1S/C55H59N3O5/c1-29-20-36-14-16-43-38-22-32-26-57(28-38)30(2)21-44(59)50-53-18-17-40-42-25-37(46(29)48(40)49(36)58(43)27-32)24-35-8-3-6-33-13-11-31(12-15-39(33)35)23-45(54(42,53)52(61)62-50)55(53)41-10-4-7-34(9-5-19-56)47(41)51(60)63-55/h3-4,6-8,10,12,14-16,25,29-32,38,43,45-46,48,59H,5,9,11,13,17-24,26-28,56H2,1-2H3/b50-44-/t29-,30-,31+,32-,38+,43+,45+,46+,48-,53-,54+,55-/m1/s1. The molecule has 3 N–H and O–H groups in total. The first kappa shape index (κ1) is 37.7. The van der Waals surface area contributed by atoms with Crippen molar-refractivity contribution in [3.63, 3.8) is 0 Å². The van der Waals surface area contributed by atoms with Crippen LogP contribution in [-0.2, 0) is 39.1 Å². The first-order valence-corrected chi connectivity index (χ1v) is 24.5. The van der Waals surface area contributed by atoms with Crippen molar-refractivity contribution in [3.8, 4) is 0 Å². The van der Waals surface area contributed by atoms with E-state index in [1.54, 1.807) is 0 Å². The number of nitrogens with two attached hydrogens (primary N) is 1. The Balaban J connectivity index is 1.10. The lowest BCUT2D eigenvalue weighted by Gasteiger charge is -2.71. The Hall–Kier alpha value is -4.66. The summed E-state index contributed by atoms with van der Waals surface area (Å²) in [6.07, 6.45) is 21.1. The second-order valence-electron chi connectivity index (χ2n) is 22.0. The quantitative estimate of drug-likeness (QED) is 0.296. The van der Waals surface area contributed by atoms with E-state index in [4.69, 9.17) is 15.2 Å². The third kappa shape index (κ3) is 4.42. The van der Waals surface area contributed by atoms with Crippen LogP contribution in [0.3, 0.4) is 0 Å². The number of esters is 2. The fraction of sp³-hybridized carbons (Fsp3) is 0.527. The Morgan fingerprint density at radius 2 is 1.84 bits per heavy atom. The molecule has 4 fully saturated rings. The zero-order valence-electron chi connectivity index (χ0n) is 36.7. The number of carbonyl (C=O) groups excluding carboxylic acids is 2. The number of carbonyl (C=O) groups is 2. The average Bonchev–Trinajstić information content (AvgIpc) is 3.62. The summed E-state index contributed by atoms with van der Waals surface area (Å²) in [5.41, 5.74) is 16.1. The molecule has 8 nitrogen and oxygen atoms in total. The molecule has 17 rings (SSSR count). The summed E-state index contributed by atoms with van der Waals surface area (Å²) in [5.74, 6) is 1.53. The van der Waals surface area contributed by atoms with E-state index in [0.29, 0.717) is 67.3 Å². The van der Waals surface area contributed by atoms with Gasteiger partial charge in [0.2, 0.25) is 0 Å². The second kappa shape index (κ2) is 12.8. The van der Waals surface area contributed by atoms with Crippen LogP contribution in [0, 0.1) is 52.3 Å². The highest BCUT2D eigenvalue weighted by Gasteiger charge is 2.93. The van der Waals surface area contributed by atoms with Gasteiger partial charge in [0.1, 0.15) is 11.2 Å². The summed E-state index contributed by atoms with van der Waals surface area (Å²) in [6.45, 7) is 8.26. The number of benzene rings is 2. The number of fused-ring (bicyclic) bond motifs is 5. The number of nitrogens with zero attached hydrogens (tertiary/aromatic N) is 2. The fourth-order valence-electron chi connectivity index (χ4n) is 17.2. The minimum absolute atomic E-state index is 0.0298. The van der Waals surface area contributed by atoms with Crippen LogP contribution in [0.15, 0.2) is 100 Å². The van der Waals surface area contributed by atoms with Gasteiger partial charge in [-0.2, -0.15) is 0 Å². The maximum Gasteiger partial charge on any atom is 0.339 e. The molecule has 15 bridgehead atoms. The highest BCUT2D eigenvalue weighted by atomic mass is 16.6. The highest BCUT2D eigenvalue weighted by molar-refractivity contribution is 6.00. The lowest BCUT2D eigenvalue weighted by atomic mass is 9.28. The van der Waals surface area contributed by atoms with Gasteiger partial charge < -0.3 is 25.2 Å². The van der Waals surface area contributed by atoms with E-state index in [1.165, 1.54) is 45.5 Å². The van der Waals surface area contributed by atoms with Gasteiger partial charge in [0, 0.05) is 55.2 Å². The molecule has 2 aromatic carbocycles. The number of hydrogen-bond donors (Lipinski definition) is 2. The molecule has 324 valence electrons. The summed E-state index contributed by atoms with van der Waals surface area (Å²) in [7, 11) is 0. The smallest absolute Gasteiger partial charge is 0.339 e. The minimum Gasteiger partial charge on any atom is -0.509 e. The number of piperidine rings is 2. The Morgan fingerprint density at radius 1 is 0.968 bits per heavy atom. The van der Waals surface area contributed by atoms with Crippen LogP contribution in [0.4, 0.5) is 0 Å². The first-order valence-electron chi connectivity index (χ1n) is 24.5. The summed E-state index contributed by atoms with van der Waals surface area (Å²) in [6, 6.07) is 13.5. The number of ether oxygens (including phenoxy) is 2. The van der Waals surface area contributed by atoms with Gasteiger partial charge in [-0.1, -0.05) is 84.8 Å². The predicted octanol–water partition coefficient (Wildman–Crippen LogP) is 8.64. The molecule has 15 aliphatic rings. The molecule has 0 amide bonds. The Bertz CT molecular complexity index is 2670. The van der Waals surface area contributed by atoms with Gasteiger partial charge in [-0.15, -0.1) is 0 Å². The molecule has 1 unspecified atom stereocenters. The minimum atomic E-state index is -1.21. The third-order valence-corrected chi connectivity index (χ3v) is 19.3. The third-order valence-electron chi connectivity index (χ3n) is 19.3. The number of hydrogen-bond acceptors (Lipinski definition) is 8. The number of aliphatic hydroxyl groups is 1. The van der Waals surface area contributed by atoms with Crippen LogP contribution < -0.4 is 5.73 Å².